The van der Waals surface area contributed by atoms with Crippen molar-refractivity contribution in [3.63, 3.8) is 0 Å². The number of carbonyl (C=O) groups excluding carboxylic acids is 1. The minimum Gasteiger partial charge on any atom is -0.480 e. The lowest BCUT2D eigenvalue weighted by Crippen LogP contribution is -2.44. The number of benzene rings is 2. The Morgan fingerprint density at radius 3 is 2.41 bits per heavy atom. The first-order chi connectivity index (χ1) is 15.2. The number of nitrogens with zero attached hydrogens (tertiary/aromatic N) is 2. The van der Waals surface area contributed by atoms with E-state index < -0.39 is 17.9 Å². The number of aromatic nitrogens is 2. The van der Waals surface area contributed by atoms with Crippen LogP contribution in [-0.2, 0) is 4.79 Å². The Kier molecular flexibility index (Phi) is 7.11. The van der Waals surface area contributed by atoms with E-state index in [1.165, 1.54) is 12.1 Å². The van der Waals surface area contributed by atoms with Crippen molar-refractivity contribution in [3.05, 3.63) is 60.2 Å². The first-order valence-electron chi connectivity index (χ1n) is 9.54. The number of hydrogen-bond acceptors (Lipinski definition) is 6. The van der Waals surface area contributed by atoms with Gasteiger partial charge in [0.05, 0.1) is 0 Å². The summed E-state index contributed by atoms with van der Waals surface area (Å²) in [4.78, 5) is 27.5. The van der Waals surface area contributed by atoms with E-state index in [0.717, 1.165) is 0 Å². The molecular formula is C21H20FN5O4S. The van der Waals surface area contributed by atoms with E-state index in [-0.39, 0.29) is 28.6 Å². The van der Waals surface area contributed by atoms with Crippen LogP contribution in [0.25, 0.3) is 11.4 Å². The fraction of sp³-hybridized carbons (Fsp3) is 0.190. The molecule has 2 aromatic carbocycles. The van der Waals surface area contributed by atoms with E-state index in [1.54, 1.807) is 50.2 Å². The Hall–Kier alpha value is -3.86. The molecule has 0 fully saturated rings. The summed E-state index contributed by atoms with van der Waals surface area (Å²) in [5.41, 5.74) is 1.74. The van der Waals surface area contributed by atoms with Crippen LogP contribution in [0.3, 0.4) is 0 Å². The monoisotopic (exact) mass is 457 g/mol. The summed E-state index contributed by atoms with van der Waals surface area (Å²) in [5, 5.41) is 21.4. The number of carboxylic acids is 1. The number of carbonyl (C=O) groups is 2. The predicted octanol–water partition coefficient (Wildman–Crippen LogP) is 3.52. The second-order valence-electron chi connectivity index (χ2n) is 7.12. The molecule has 166 valence electrons. The van der Waals surface area contributed by atoms with Crippen LogP contribution in [0.5, 0.6) is 0 Å². The van der Waals surface area contributed by atoms with Gasteiger partial charge in [0, 0.05) is 16.9 Å². The topological polar surface area (TPSA) is 129 Å². The van der Waals surface area contributed by atoms with Gasteiger partial charge in [0.25, 0.3) is 0 Å². The maximum Gasteiger partial charge on any atom is 0.326 e. The lowest BCUT2D eigenvalue weighted by atomic mass is 10.1. The van der Waals surface area contributed by atoms with Gasteiger partial charge in [0.15, 0.2) is 5.11 Å². The highest BCUT2D eigenvalue weighted by Gasteiger charge is 2.26. The summed E-state index contributed by atoms with van der Waals surface area (Å²) in [6, 6.07) is 11.6. The summed E-state index contributed by atoms with van der Waals surface area (Å²) in [7, 11) is 0. The molecule has 0 saturated heterocycles. The maximum atomic E-state index is 13.3. The van der Waals surface area contributed by atoms with Crippen molar-refractivity contribution in [2.24, 2.45) is 5.92 Å². The van der Waals surface area contributed by atoms with Crippen LogP contribution in [-0.4, -0.2) is 38.3 Å². The minimum absolute atomic E-state index is 0.165. The van der Waals surface area contributed by atoms with Gasteiger partial charge in [-0.05, 0) is 60.6 Å². The fourth-order valence-electron chi connectivity index (χ4n) is 2.71. The molecule has 1 atom stereocenters. The van der Waals surface area contributed by atoms with Gasteiger partial charge in [0.1, 0.15) is 11.9 Å². The Morgan fingerprint density at radius 1 is 1.09 bits per heavy atom. The van der Waals surface area contributed by atoms with Gasteiger partial charge in [-0.1, -0.05) is 25.1 Å². The van der Waals surface area contributed by atoms with Crippen molar-refractivity contribution >= 4 is 40.6 Å². The largest absolute Gasteiger partial charge is 0.480 e. The van der Waals surface area contributed by atoms with E-state index in [4.69, 9.17) is 16.7 Å². The normalized spacial score (nSPS) is 11.6. The lowest BCUT2D eigenvalue weighted by Gasteiger charge is -2.16. The number of nitrogens with one attached hydrogen (secondary N) is 3. The molecule has 4 N–H and O–H groups in total. The molecule has 1 amide bonds. The molecule has 3 aromatic rings. The second kappa shape index (κ2) is 9.96. The van der Waals surface area contributed by atoms with Gasteiger partial charge in [0.2, 0.25) is 5.82 Å². The number of thiocarbonyl (C=S) groups is 1. The number of rotatable bonds is 7. The highest BCUT2D eigenvalue weighted by atomic mass is 32.1. The van der Waals surface area contributed by atoms with Crippen molar-refractivity contribution in [3.8, 4) is 11.4 Å². The number of hydrogen-bond donors (Lipinski definition) is 4. The van der Waals surface area contributed by atoms with E-state index >= 15 is 0 Å². The van der Waals surface area contributed by atoms with Crippen LogP contribution in [0.4, 0.5) is 15.8 Å². The zero-order chi connectivity index (χ0) is 23.3. The summed E-state index contributed by atoms with van der Waals surface area (Å²) >= 11 is 5.22. The van der Waals surface area contributed by atoms with Crippen molar-refractivity contribution in [1.82, 2.24) is 15.5 Å². The molecule has 0 spiro atoms. The average molecular weight is 457 g/mol. The van der Waals surface area contributed by atoms with Crippen molar-refractivity contribution in [2.45, 2.75) is 19.9 Å². The summed E-state index contributed by atoms with van der Waals surface area (Å²) in [6.45, 7) is 3.35. The number of amides is 1. The standard InChI is InChI=1S/C21H20FN5O4S/c1-11(2)16(20(29)30)25-18(28)19-26-17(27-31-19)12-6-8-14(9-7-12)23-21(32)24-15-5-3-4-13(22)10-15/h3-11,16H,1-2H3,(H,25,28)(H,29,30)(H2,23,24,32). The first kappa shape index (κ1) is 22.8. The van der Waals surface area contributed by atoms with Gasteiger partial charge in [-0.15, -0.1) is 0 Å². The SMILES string of the molecule is CC(C)C(NC(=O)c1nc(-c2ccc(NC(=S)Nc3cccc(F)c3)cc2)no1)C(=O)O. The molecule has 1 unspecified atom stereocenters. The molecule has 0 aliphatic carbocycles. The van der Waals surface area contributed by atoms with E-state index in [0.29, 0.717) is 16.9 Å². The Morgan fingerprint density at radius 2 is 1.78 bits per heavy atom. The first-order valence-corrected chi connectivity index (χ1v) is 9.95. The van der Waals surface area contributed by atoms with Crippen molar-refractivity contribution in [1.29, 1.82) is 0 Å². The van der Waals surface area contributed by atoms with Crippen LogP contribution in [0.1, 0.15) is 24.5 Å². The number of aliphatic carboxylic acids is 1. The quantitative estimate of drug-likeness (QED) is 0.394. The Balaban J connectivity index is 1.62. The molecule has 3 rings (SSSR count). The summed E-state index contributed by atoms with van der Waals surface area (Å²) in [5.74, 6) is -2.79. The average Bonchev–Trinajstić information content (AvgIpc) is 3.22. The highest BCUT2D eigenvalue weighted by Crippen LogP contribution is 2.19. The molecule has 0 saturated carbocycles. The lowest BCUT2D eigenvalue weighted by molar-refractivity contribution is -0.140. The molecule has 9 nitrogen and oxygen atoms in total. The molecule has 0 aliphatic rings. The van der Waals surface area contributed by atoms with E-state index in [9.17, 15) is 19.1 Å². The van der Waals surface area contributed by atoms with Gasteiger partial charge >= 0.3 is 17.8 Å². The summed E-state index contributed by atoms with van der Waals surface area (Å²) < 4.78 is 18.2. The van der Waals surface area contributed by atoms with Gasteiger partial charge < -0.3 is 25.6 Å². The molecular weight excluding hydrogens is 437 g/mol. The Labute approximate surface area is 188 Å². The number of halogens is 1. The Bertz CT molecular complexity index is 1130. The van der Waals surface area contributed by atoms with Crippen molar-refractivity contribution < 1.29 is 23.6 Å². The van der Waals surface area contributed by atoms with Crippen molar-refractivity contribution in [2.75, 3.05) is 10.6 Å². The third kappa shape index (κ3) is 5.85. The maximum absolute atomic E-state index is 13.3. The van der Waals surface area contributed by atoms with Crippen LogP contribution in [0.2, 0.25) is 0 Å². The minimum atomic E-state index is -1.15. The van der Waals surface area contributed by atoms with E-state index in [2.05, 4.69) is 26.1 Å². The van der Waals surface area contributed by atoms with E-state index in [1.807, 2.05) is 0 Å². The molecule has 1 heterocycles. The number of carboxylic acid groups (broad SMARTS) is 1. The highest BCUT2D eigenvalue weighted by molar-refractivity contribution is 7.80. The zero-order valence-electron chi connectivity index (χ0n) is 17.1. The molecule has 0 aliphatic heterocycles. The van der Waals surface area contributed by atoms with Gasteiger partial charge in [-0.25, -0.2) is 9.18 Å². The third-order valence-corrected chi connectivity index (χ3v) is 4.53. The predicted molar refractivity (Wildman–Crippen MR) is 120 cm³/mol. The molecule has 0 bridgehead atoms. The molecule has 11 heteroatoms. The molecule has 0 radical (unpaired) electrons. The number of anilines is 2. The fourth-order valence-corrected chi connectivity index (χ4v) is 2.95. The third-order valence-electron chi connectivity index (χ3n) is 4.32. The van der Waals surface area contributed by atoms with Gasteiger partial charge in [-0.3, -0.25) is 4.79 Å². The van der Waals surface area contributed by atoms with Crippen LogP contribution < -0.4 is 16.0 Å². The summed E-state index contributed by atoms with van der Waals surface area (Å²) in [6.07, 6.45) is 0. The van der Waals surface area contributed by atoms with Crippen LogP contribution in [0, 0.1) is 11.7 Å². The van der Waals surface area contributed by atoms with Crippen LogP contribution >= 0.6 is 12.2 Å². The molecule has 1 aromatic heterocycles. The van der Waals surface area contributed by atoms with Gasteiger partial charge in [-0.2, -0.15) is 4.98 Å². The smallest absolute Gasteiger partial charge is 0.326 e. The second-order valence-corrected chi connectivity index (χ2v) is 7.53. The van der Waals surface area contributed by atoms with Crippen LogP contribution in [0.15, 0.2) is 53.1 Å². The zero-order valence-corrected chi connectivity index (χ0v) is 17.9. The molecule has 32 heavy (non-hydrogen) atoms.